The van der Waals surface area contributed by atoms with Gasteiger partial charge in [-0.3, -0.25) is 0 Å². The van der Waals surface area contributed by atoms with Crippen molar-refractivity contribution in [1.29, 1.82) is 5.26 Å². The Morgan fingerprint density at radius 2 is 2.20 bits per heavy atom. The van der Waals surface area contributed by atoms with E-state index in [4.69, 9.17) is 5.26 Å². The second-order valence-electron chi connectivity index (χ2n) is 4.79. The van der Waals surface area contributed by atoms with Crippen molar-refractivity contribution < 1.29 is 0 Å². The zero-order valence-corrected chi connectivity index (χ0v) is 12.2. The van der Waals surface area contributed by atoms with E-state index in [2.05, 4.69) is 28.1 Å². The van der Waals surface area contributed by atoms with E-state index in [0.717, 1.165) is 29.4 Å². The maximum atomic E-state index is 8.64. The van der Waals surface area contributed by atoms with Gasteiger partial charge in [-0.1, -0.05) is 11.8 Å². The van der Waals surface area contributed by atoms with Gasteiger partial charge in [0.2, 0.25) is 0 Å². The van der Waals surface area contributed by atoms with Crippen LogP contribution in [-0.2, 0) is 12.8 Å². The molecule has 1 aliphatic carbocycles. The van der Waals surface area contributed by atoms with Crippen molar-refractivity contribution in [3.63, 3.8) is 0 Å². The fraction of sp³-hybridized carbons (Fsp3) is 0.429. The summed E-state index contributed by atoms with van der Waals surface area (Å²) in [5, 5.41) is 14.1. The molecule has 0 amide bonds. The topological polar surface area (TPSA) is 67.4 Å². The molecule has 0 saturated carbocycles. The highest BCUT2D eigenvalue weighted by molar-refractivity contribution is 7.99. The number of nitrogens with zero attached hydrogens (tertiary/aromatic N) is 5. The normalized spacial score (nSPS) is 13.8. The van der Waals surface area contributed by atoms with Crippen LogP contribution >= 0.6 is 11.8 Å². The molecule has 20 heavy (non-hydrogen) atoms. The number of thioether (sulfide) groups is 1. The minimum absolute atomic E-state index is 0.396. The summed E-state index contributed by atoms with van der Waals surface area (Å²) < 4.78 is 1.95. The van der Waals surface area contributed by atoms with Crippen LogP contribution in [-0.4, -0.2) is 25.5 Å². The summed E-state index contributed by atoms with van der Waals surface area (Å²) in [6, 6.07) is 4.02. The standard InChI is InChI=1S/C14H15N5S/c1-10-11-4-2-3-5-12(11)19(18-10)13-8-14(17-9-16-13)20-7-6-15/h8-9H,2-5,7H2,1H3. The smallest absolute Gasteiger partial charge is 0.158 e. The Kier molecular flexibility index (Phi) is 3.70. The first kappa shape index (κ1) is 13.1. The molecule has 0 fully saturated rings. The molecule has 6 heteroatoms. The molecule has 0 saturated heterocycles. The van der Waals surface area contributed by atoms with Crippen molar-refractivity contribution in [2.45, 2.75) is 37.6 Å². The highest BCUT2D eigenvalue weighted by Gasteiger charge is 2.20. The molecule has 0 radical (unpaired) electrons. The van der Waals surface area contributed by atoms with Crippen LogP contribution in [0.5, 0.6) is 0 Å². The third kappa shape index (κ3) is 2.41. The monoisotopic (exact) mass is 285 g/mol. The summed E-state index contributed by atoms with van der Waals surface area (Å²) in [6.07, 6.45) is 6.16. The lowest BCUT2D eigenvalue weighted by Gasteiger charge is -2.13. The number of fused-ring (bicyclic) bond motifs is 1. The van der Waals surface area contributed by atoms with Crippen LogP contribution in [0.15, 0.2) is 17.4 Å². The molecule has 0 atom stereocenters. The molecule has 0 aromatic carbocycles. The SMILES string of the molecule is Cc1nn(-c2cc(SCC#N)ncn2)c2c1CCCC2. The van der Waals surface area contributed by atoms with Gasteiger partial charge in [-0.05, 0) is 38.2 Å². The van der Waals surface area contributed by atoms with Gasteiger partial charge in [0.1, 0.15) is 11.4 Å². The average Bonchev–Trinajstić information content (AvgIpc) is 2.83. The Labute approximate surface area is 122 Å². The zero-order chi connectivity index (χ0) is 13.9. The summed E-state index contributed by atoms with van der Waals surface area (Å²) >= 11 is 1.42. The summed E-state index contributed by atoms with van der Waals surface area (Å²) in [4.78, 5) is 8.51. The van der Waals surface area contributed by atoms with Crippen molar-refractivity contribution in [2.75, 3.05) is 5.75 Å². The first-order chi connectivity index (χ1) is 9.79. The lowest BCUT2D eigenvalue weighted by atomic mass is 9.96. The number of hydrogen-bond acceptors (Lipinski definition) is 5. The van der Waals surface area contributed by atoms with Crippen LogP contribution in [0.25, 0.3) is 5.82 Å². The van der Waals surface area contributed by atoms with Crippen molar-refractivity contribution >= 4 is 11.8 Å². The van der Waals surface area contributed by atoms with E-state index < -0.39 is 0 Å². The van der Waals surface area contributed by atoms with E-state index in [0.29, 0.717) is 5.75 Å². The predicted molar refractivity (Wildman–Crippen MR) is 76.9 cm³/mol. The highest BCUT2D eigenvalue weighted by Crippen LogP contribution is 2.26. The van der Waals surface area contributed by atoms with E-state index in [-0.39, 0.29) is 0 Å². The third-order valence-corrected chi connectivity index (χ3v) is 4.30. The molecular formula is C14H15N5S. The maximum Gasteiger partial charge on any atom is 0.158 e. The first-order valence-electron chi connectivity index (χ1n) is 6.69. The molecule has 0 N–H and O–H groups in total. The van der Waals surface area contributed by atoms with Gasteiger partial charge in [0.25, 0.3) is 0 Å². The van der Waals surface area contributed by atoms with Crippen LogP contribution in [0.4, 0.5) is 0 Å². The zero-order valence-electron chi connectivity index (χ0n) is 11.3. The highest BCUT2D eigenvalue weighted by atomic mass is 32.2. The molecule has 3 rings (SSSR count). The van der Waals surface area contributed by atoms with Crippen LogP contribution in [0.1, 0.15) is 29.8 Å². The minimum atomic E-state index is 0.396. The van der Waals surface area contributed by atoms with Crippen LogP contribution in [0.3, 0.4) is 0 Å². The fourth-order valence-corrected chi connectivity index (χ4v) is 3.13. The van der Waals surface area contributed by atoms with Crippen molar-refractivity contribution in [3.8, 4) is 11.9 Å². The van der Waals surface area contributed by atoms with Gasteiger partial charge in [0.05, 0.1) is 17.5 Å². The molecule has 2 heterocycles. The molecule has 102 valence electrons. The second-order valence-corrected chi connectivity index (χ2v) is 5.79. The molecule has 5 nitrogen and oxygen atoms in total. The summed E-state index contributed by atoms with van der Waals surface area (Å²) in [5.74, 6) is 1.19. The molecule has 0 bridgehead atoms. The number of aromatic nitrogens is 4. The molecule has 2 aromatic rings. The van der Waals surface area contributed by atoms with Gasteiger partial charge >= 0.3 is 0 Å². The van der Waals surface area contributed by atoms with E-state index in [1.165, 1.54) is 35.9 Å². The maximum absolute atomic E-state index is 8.64. The van der Waals surface area contributed by atoms with Crippen molar-refractivity contribution in [3.05, 3.63) is 29.3 Å². The van der Waals surface area contributed by atoms with Crippen molar-refractivity contribution in [1.82, 2.24) is 19.7 Å². The number of hydrogen-bond donors (Lipinski definition) is 0. The van der Waals surface area contributed by atoms with Gasteiger partial charge in [0.15, 0.2) is 5.82 Å². The Bertz CT molecular complexity index is 671. The van der Waals surface area contributed by atoms with Gasteiger partial charge < -0.3 is 0 Å². The van der Waals surface area contributed by atoms with Gasteiger partial charge in [-0.15, -0.1) is 0 Å². The molecule has 0 spiro atoms. The van der Waals surface area contributed by atoms with Crippen LogP contribution in [0.2, 0.25) is 0 Å². The van der Waals surface area contributed by atoms with Gasteiger partial charge in [-0.2, -0.15) is 10.4 Å². The Balaban J connectivity index is 1.99. The van der Waals surface area contributed by atoms with E-state index in [9.17, 15) is 0 Å². The van der Waals surface area contributed by atoms with E-state index >= 15 is 0 Å². The minimum Gasteiger partial charge on any atom is -0.230 e. The molecule has 0 unspecified atom stereocenters. The molecule has 1 aliphatic rings. The number of aryl methyl sites for hydroxylation is 1. The van der Waals surface area contributed by atoms with E-state index in [1.54, 1.807) is 6.33 Å². The molecule has 2 aromatic heterocycles. The van der Waals surface area contributed by atoms with Crippen LogP contribution in [0, 0.1) is 18.3 Å². The summed E-state index contributed by atoms with van der Waals surface area (Å²) in [5.41, 5.74) is 3.76. The summed E-state index contributed by atoms with van der Waals surface area (Å²) in [7, 11) is 0. The largest absolute Gasteiger partial charge is 0.230 e. The Morgan fingerprint density at radius 1 is 1.35 bits per heavy atom. The fourth-order valence-electron chi connectivity index (χ4n) is 2.60. The first-order valence-corrected chi connectivity index (χ1v) is 7.67. The quantitative estimate of drug-likeness (QED) is 0.640. The Hall–Kier alpha value is -1.87. The third-order valence-electron chi connectivity index (χ3n) is 3.51. The number of nitriles is 1. The average molecular weight is 285 g/mol. The number of rotatable bonds is 3. The van der Waals surface area contributed by atoms with Gasteiger partial charge in [0, 0.05) is 11.8 Å². The molecular weight excluding hydrogens is 270 g/mol. The molecule has 0 aliphatic heterocycles. The lowest BCUT2D eigenvalue weighted by molar-refractivity contribution is 0.648. The van der Waals surface area contributed by atoms with E-state index in [1.807, 2.05) is 10.7 Å². The predicted octanol–water partition coefficient (Wildman–Crippen LogP) is 2.47. The van der Waals surface area contributed by atoms with Crippen molar-refractivity contribution in [2.24, 2.45) is 0 Å². The lowest BCUT2D eigenvalue weighted by Crippen LogP contribution is -2.09. The van der Waals surface area contributed by atoms with Crippen LogP contribution < -0.4 is 0 Å². The van der Waals surface area contributed by atoms with Gasteiger partial charge in [-0.25, -0.2) is 14.6 Å². The summed E-state index contributed by atoms with van der Waals surface area (Å²) in [6.45, 7) is 2.06. The second kappa shape index (κ2) is 5.63. The Morgan fingerprint density at radius 3 is 3.05 bits per heavy atom.